The lowest BCUT2D eigenvalue weighted by Crippen LogP contribution is -2.06. The second-order valence-corrected chi connectivity index (χ2v) is 7.32. The Morgan fingerprint density at radius 1 is 1.46 bits per heavy atom. The van der Waals surface area contributed by atoms with Crippen LogP contribution in [0, 0.1) is 13.8 Å². The van der Waals surface area contributed by atoms with Crippen LogP contribution in [0.25, 0.3) is 0 Å². The molecular formula is C18H24N4OS. The first-order valence-corrected chi connectivity index (χ1v) is 9.44. The van der Waals surface area contributed by atoms with Crippen molar-refractivity contribution in [1.29, 1.82) is 0 Å². The zero-order valence-electron chi connectivity index (χ0n) is 14.3. The van der Waals surface area contributed by atoms with Crippen LogP contribution in [-0.2, 0) is 6.54 Å². The lowest BCUT2D eigenvalue weighted by atomic mass is 10.1. The molecule has 0 amide bonds. The van der Waals surface area contributed by atoms with Crippen LogP contribution in [-0.4, -0.2) is 31.3 Å². The van der Waals surface area contributed by atoms with E-state index in [0.29, 0.717) is 16.8 Å². The summed E-state index contributed by atoms with van der Waals surface area (Å²) in [4.78, 5) is 17.1. The van der Waals surface area contributed by atoms with E-state index in [0.717, 1.165) is 29.3 Å². The van der Waals surface area contributed by atoms with Gasteiger partial charge in [-0.3, -0.25) is 9.89 Å². The number of carbonyl (C=O) groups excluding carboxylic acids is 1. The van der Waals surface area contributed by atoms with E-state index >= 15 is 0 Å². The summed E-state index contributed by atoms with van der Waals surface area (Å²) in [6, 6.07) is 1.96. The molecule has 0 unspecified atom stereocenters. The molecule has 2 aromatic heterocycles. The highest BCUT2D eigenvalue weighted by Gasteiger charge is 2.21. The van der Waals surface area contributed by atoms with Crippen LogP contribution in [0.15, 0.2) is 23.9 Å². The highest BCUT2D eigenvalue weighted by Crippen LogP contribution is 2.32. The van der Waals surface area contributed by atoms with Gasteiger partial charge in [0.2, 0.25) is 5.16 Å². The maximum absolute atomic E-state index is 12.5. The molecule has 2 heterocycles. The number of allylic oxidation sites excluding steroid dienone is 1. The fourth-order valence-electron chi connectivity index (χ4n) is 3.41. The molecule has 5 nitrogen and oxygen atoms in total. The van der Waals surface area contributed by atoms with Crippen molar-refractivity contribution in [3.8, 4) is 0 Å². The van der Waals surface area contributed by atoms with E-state index in [1.165, 1.54) is 37.4 Å². The number of ketones is 1. The largest absolute Gasteiger partial charge is 0.345 e. The molecule has 0 atom stereocenters. The monoisotopic (exact) mass is 344 g/mol. The number of nitrogens with one attached hydrogen (secondary N) is 1. The Morgan fingerprint density at radius 3 is 2.92 bits per heavy atom. The van der Waals surface area contributed by atoms with Gasteiger partial charge in [-0.25, -0.2) is 4.98 Å². The number of H-pyrrole nitrogens is 1. The maximum atomic E-state index is 12.5. The molecular weight excluding hydrogens is 320 g/mol. The highest BCUT2D eigenvalue weighted by molar-refractivity contribution is 7.99. The van der Waals surface area contributed by atoms with Gasteiger partial charge < -0.3 is 4.57 Å². The van der Waals surface area contributed by atoms with Crippen LogP contribution < -0.4 is 0 Å². The van der Waals surface area contributed by atoms with Crippen LogP contribution in [0.2, 0.25) is 0 Å². The van der Waals surface area contributed by atoms with Crippen LogP contribution in [0.4, 0.5) is 0 Å². The predicted octanol–water partition coefficient (Wildman–Crippen LogP) is 4.04. The SMILES string of the molecule is C=CCn1c(C)cc(C(=O)CSc2n[nH]c(C3CCCC3)n2)c1C. The summed E-state index contributed by atoms with van der Waals surface area (Å²) in [6.45, 7) is 8.50. The van der Waals surface area contributed by atoms with Gasteiger partial charge in [-0.05, 0) is 32.8 Å². The molecule has 1 N–H and O–H groups in total. The van der Waals surface area contributed by atoms with Crippen molar-refractivity contribution in [2.24, 2.45) is 0 Å². The number of nitrogens with zero attached hydrogens (tertiary/aromatic N) is 3. The van der Waals surface area contributed by atoms with Crippen molar-refractivity contribution in [3.05, 3.63) is 41.5 Å². The van der Waals surface area contributed by atoms with Gasteiger partial charge in [0.15, 0.2) is 5.78 Å². The third-order valence-electron chi connectivity index (χ3n) is 4.74. The van der Waals surface area contributed by atoms with E-state index in [9.17, 15) is 4.79 Å². The Labute approximate surface area is 146 Å². The molecule has 0 aromatic carbocycles. The lowest BCUT2D eigenvalue weighted by Gasteiger charge is -2.05. The van der Waals surface area contributed by atoms with Gasteiger partial charge in [0.05, 0.1) is 5.75 Å². The molecule has 0 spiro atoms. The first-order valence-electron chi connectivity index (χ1n) is 8.46. The number of rotatable bonds is 7. The van der Waals surface area contributed by atoms with Crippen LogP contribution >= 0.6 is 11.8 Å². The fraction of sp³-hybridized carbons (Fsp3) is 0.500. The number of aromatic nitrogens is 4. The molecule has 0 aliphatic heterocycles. The smallest absolute Gasteiger partial charge is 0.208 e. The Kier molecular flexibility index (Phi) is 5.23. The van der Waals surface area contributed by atoms with Gasteiger partial charge >= 0.3 is 0 Å². The Bertz CT molecular complexity index is 740. The minimum atomic E-state index is 0.121. The third-order valence-corrected chi connectivity index (χ3v) is 5.59. The van der Waals surface area contributed by atoms with Gasteiger partial charge in [-0.15, -0.1) is 11.7 Å². The molecule has 1 aliphatic carbocycles. The normalized spacial score (nSPS) is 15.1. The summed E-state index contributed by atoms with van der Waals surface area (Å²) < 4.78 is 2.11. The second-order valence-electron chi connectivity index (χ2n) is 6.38. The number of hydrogen-bond donors (Lipinski definition) is 1. The predicted molar refractivity (Wildman–Crippen MR) is 96.7 cm³/mol. The van der Waals surface area contributed by atoms with Crippen molar-refractivity contribution in [3.63, 3.8) is 0 Å². The molecule has 6 heteroatoms. The van der Waals surface area contributed by atoms with E-state index in [2.05, 4.69) is 26.3 Å². The summed E-state index contributed by atoms with van der Waals surface area (Å²) in [6.07, 6.45) is 6.77. The number of aromatic amines is 1. The van der Waals surface area contributed by atoms with Crippen molar-refractivity contribution in [1.82, 2.24) is 19.7 Å². The van der Waals surface area contributed by atoms with Crippen molar-refractivity contribution >= 4 is 17.5 Å². The molecule has 24 heavy (non-hydrogen) atoms. The van der Waals surface area contributed by atoms with E-state index < -0.39 is 0 Å². The summed E-state index contributed by atoms with van der Waals surface area (Å²) >= 11 is 1.41. The topological polar surface area (TPSA) is 63.6 Å². The third kappa shape index (κ3) is 3.48. The summed E-state index contributed by atoms with van der Waals surface area (Å²) in [5.74, 6) is 1.97. The Hall–Kier alpha value is -1.82. The van der Waals surface area contributed by atoms with Crippen molar-refractivity contribution in [2.45, 2.75) is 57.1 Å². The zero-order valence-corrected chi connectivity index (χ0v) is 15.2. The van der Waals surface area contributed by atoms with Gasteiger partial charge in [0, 0.05) is 29.4 Å². The second kappa shape index (κ2) is 7.38. The first-order chi connectivity index (χ1) is 11.6. The molecule has 0 radical (unpaired) electrons. The van der Waals surface area contributed by atoms with Gasteiger partial charge in [-0.2, -0.15) is 0 Å². The number of thioether (sulfide) groups is 1. The number of carbonyl (C=O) groups is 1. The van der Waals surface area contributed by atoms with E-state index in [4.69, 9.17) is 0 Å². The van der Waals surface area contributed by atoms with Crippen LogP contribution in [0.1, 0.15) is 59.2 Å². The molecule has 1 aliphatic rings. The zero-order chi connectivity index (χ0) is 17.1. The standard InChI is InChI=1S/C18H24N4OS/c1-4-9-22-12(2)10-15(13(22)3)16(23)11-24-18-19-17(20-21-18)14-7-5-6-8-14/h4,10,14H,1,5-9,11H2,2-3H3,(H,19,20,21). The van der Waals surface area contributed by atoms with Crippen LogP contribution in [0.5, 0.6) is 0 Å². The van der Waals surface area contributed by atoms with Gasteiger partial charge in [0.25, 0.3) is 0 Å². The highest BCUT2D eigenvalue weighted by atomic mass is 32.2. The van der Waals surface area contributed by atoms with E-state index in [1.54, 1.807) is 0 Å². The Morgan fingerprint density at radius 2 is 2.21 bits per heavy atom. The first kappa shape index (κ1) is 17.0. The number of Topliss-reactive ketones (excluding diaryl/α,β-unsaturated/α-hetero) is 1. The van der Waals surface area contributed by atoms with Crippen LogP contribution in [0.3, 0.4) is 0 Å². The molecule has 2 aromatic rings. The number of hydrogen-bond acceptors (Lipinski definition) is 4. The van der Waals surface area contributed by atoms with Gasteiger partial charge in [0.1, 0.15) is 5.82 Å². The molecule has 1 fully saturated rings. The molecule has 3 rings (SSSR count). The minimum absolute atomic E-state index is 0.121. The average molecular weight is 344 g/mol. The number of aryl methyl sites for hydroxylation is 1. The summed E-state index contributed by atoms with van der Waals surface area (Å²) in [5.41, 5.74) is 2.87. The minimum Gasteiger partial charge on any atom is -0.345 e. The fourth-order valence-corrected chi connectivity index (χ4v) is 4.09. The average Bonchev–Trinajstić information content (AvgIpc) is 3.29. The van der Waals surface area contributed by atoms with Crippen molar-refractivity contribution < 1.29 is 4.79 Å². The Balaban J connectivity index is 1.63. The molecule has 1 saturated carbocycles. The molecule has 0 bridgehead atoms. The lowest BCUT2D eigenvalue weighted by molar-refractivity contribution is 0.102. The van der Waals surface area contributed by atoms with Gasteiger partial charge in [-0.1, -0.05) is 30.7 Å². The summed E-state index contributed by atoms with van der Waals surface area (Å²) in [5, 5.41) is 7.97. The van der Waals surface area contributed by atoms with E-state index in [-0.39, 0.29) is 5.78 Å². The molecule has 0 saturated heterocycles. The van der Waals surface area contributed by atoms with Crippen molar-refractivity contribution in [2.75, 3.05) is 5.75 Å². The summed E-state index contributed by atoms with van der Waals surface area (Å²) in [7, 11) is 0. The molecule has 128 valence electrons. The maximum Gasteiger partial charge on any atom is 0.208 e. The quantitative estimate of drug-likeness (QED) is 0.468. The van der Waals surface area contributed by atoms with E-state index in [1.807, 2.05) is 26.0 Å².